The molecule has 0 atom stereocenters. The SMILES string of the molecule is CC(N)=C(C)C(N)=NC1CCC1. The molecule has 1 rings (SSSR count). The van der Waals surface area contributed by atoms with E-state index in [-0.39, 0.29) is 0 Å². The summed E-state index contributed by atoms with van der Waals surface area (Å²) in [7, 11) is 0. The summed E-state index contributed by atoms with van der Waals surface area (Å²) in [6, 6.07) is 0.458. The summed E-state index contributed by atoms with van der Waals surface area (Å²) >= 11 is 0. The molecule has 1 fully saturated rings. The normalized spacial score (nSPS) is 21.7. The summed E-state index contributed by atoms with van der Waals surface area (Å²) < 4.78 is 0. The maximum Gasteiger partial charge on any atom is 0.123 e. The van der Waals surface area contributed by atoms with Crippen molar-refractivity contribution in [3.05, 3.63) is 11.3 Å². The number of nitrogens with two attached hydrogens (primary N) is 2. The number of hydrogen-bond donors (Lipinski definition) is 2. The largest absolute Gasteiger partial charge is 0.402 e. The fraction of sp³-hybridized carbons (Fsp3) is 0.667. The lowest BCUT2D eigenvalue weighted by molar-refractivity contribution is 0.420. The Kier molecular flexibility index (Phi) is 2.74. The number of hydrogen-bond acceptors (Lipinski definition) is 2. The fourth-order valence-corrected chi connectivity index (χ4v) is 1.01. The molecule has 0 aliphatic heterocycles. The van der Waals surface area contributed by atoms with Crippen LogP contribution in [0.25, 0.3) is 0 Å². The Bertz CT molecular complexity index is 220. The van der Waals surface area contributed by atoms with Crippen molar-refractivity contribution in [3.63, 3.8) is 0 Å². The molecule has 0 radical (unpaired) electrons. The minimum atomic E-state index is 0.458. The van der Waals surface area contributed by atoms with E-state index >= 15 is 0 Å². The van der Waals surface area contributed by atoms with E-state index in [0.717, 1.165) is 11.3 Å². The molecule has 1 saturated carbocycles. The molecule has 1 aliphatic rings. The highest BCUT2D eigenvalue weighted by atomic mass is 14.9. The van der Waals surface area contributed by atoms with Gasteiger partial charge in [0.05, 0.1) is 6.04 Å². The van der Waals surface area contributed by atoms with E-state index in [1.165, 1.54) is 19.3 Å². The van der Waals surface area contributed by atoms with Crippen molar-refractivity contribution in [2.24, 2.45) is 16.5 Å². The summed E-state index contributed by atoms with van der Waals surface area (Å²) in [5.74, 6) is 0.611. The lowest BCUT2D eigenvalue weighted by atomic mass is 9.94. The molecule has 0 spiro atoms. The van der Waals surface area contributed by atoms with E-state index in [0.29, 0.717) is 11.9 Å². The van der Waals surface area contributed by atoms with Crippen LogP contribution in [0.3, 0.4) is 0 Å². The number of amidine groups is 1. The number of nitrogens with zero attached hydrogens (tertiary/aromatic N) is 1. The number of rotatable bonds is 2. The van der Waals surface area contributed by atoms with Crippen molar-refractivity contribution in [2.45, 2.75) is 39.2 Å². The summed E-state index contributed by atoms with van der Waals surface area (Å²) in [6.07, 6.45) is 3.64. The van der Waals surface area contributed by atoms with Gasteiger partial charge in [-0.1, -0.05) is 0 Å². The Morgan fingerprint density at radius 2 is 1.83 bits per heavy atom. The van der Waals surface area contributed by atoms with Crippen LogP contribution in [0.1, 0.15) is 33.1 Å². The van der Waals surface area contributed by atoms with Crippen LogP contribution in [0.2, 0.25) is 0 Å². The van der Waals surface area contributed by atoms with E-state index < -0.39 is 0 Å². The maximum atomic E-state index is 5.74. The molecular weight excluding hydrogens is 150 g/mol. The molecule has 0 aromatic rings. The Morgan fingerprint density at radius 1 is 1.25 bits per heavy atom. The summed E-state index contributed by atoms with van der Waals surface area (Å²) in [5, 5.41) is 0. The van der Waals surface area contributed by atoms with Gasteiger partial charge in [-0.15, -0.1) is 0 Å². The van der Waals surface area contributed by atoms with E-state index in [1.807, 2.05) is 13.8 Å². The summed E-state index contributed by atoms with van der Waals surface area (Å²) in [5.41, 5.74) is 13.0. The van der Waals surface area contributed by atoms with Crippen LogP contribution in [-0.2, 0) is 0 Å². The molecule has 12 heavy (non-hydrogen) atoms. The van der Waals surface area contributed by atoms with Gasteiger partial charge in [-0.2, -0.15) is 0 Å². The molecule has 0 bridgehead atoms. The highest BCUT2D eigenvalue weighted by molar-refractivity contribution is 5.97. The third kappa shape index (κ3) is 2.00. The van der Waals surface area contributed by atoms with Gasteiger partial charge in [0.2, 0.25) is 0 Å². The van der Waals surface area contributed by atoms with Crippen LogP contribution >= 0.6 is 0 Å². The smallest absolute Gasteiger partial charge is 0.123 e. The third-order valence-electron chi connectivity index (χ3n) is 2.37. The summed E-state index contributed by atoms with van der Waals surface area (Å²) in [6.45, 7) is 3.76. The second kappa shape index (κ2) is 3.61. The van der Waals surface area contributed by atoms with E-state index in [2.05, 4.69) is 4.99 Å². The first-order valence-electron chi connectivity index (χ1n) is 4.38. The molecule has 3 nitrogen and oxygen atoms in total. The zero-order valence-electron chi connectivity index (χ0n) is 7.80. The Hall–Kier alpha value is -0.990. The first kappa shape index (κ1) is 9.10. The van der Waals surface area contributed by atoms with Gasteiger partial charge in [-0.05, 0) is 33.1 Å². The molecule has 0 aromatic heterocycles. The standard InChI is InChI=1S/C9H17N3/c1-6(7(2)10)9(11)12-8-4-3-5-8/h8H,3-5,10H2,1-2H3,(H2,11,12). The molecule has 0 amide bonds. The van der Waals surface area contributed by atoms with E-state index in [1.54, 1.807) is 0 Å². The van der Waals surface area contributed by atoms with Gasteiger partial charge >= 0.3 is 0 Å². The topological polar surface area (TPSA) is 64.4 Å². The van der Waals surface area contributed by atoms with Crippen molar-refractivity contribution in [2.75, 3.05) is 0 Å². The Morgan fingerprint density at radius 3 is 2.17 bits per heavy atom. The number of aliphatic imine (C=N–C) groups is 1. The lowest BCUT2D eigenvalue weighted by Gasteiger charge is -2.21. The van der Waals surface area contributed by atoms with E-state index in [4.69, 9.17) is 11.5 Å². The molecule has 0 aromatic carbocycles. The zero-order valence-corrected chi connectivity index (χ0v) is 7.80. The predicted octanol–water partition coefficient (Wildman–Crippen LogP) is 1.15. The first-order valence-corrected chi connectivity index (χ1v) is 4.38. The van der Waals surface area contributed by atoms with Gasteiger partial charge in [0, 0.05) is 11.3 Å². The van der Waals surface area contributed by atoms with Gasteiger partial charge in [-0.25, -0.2) is 0 Å². The average molecular weight is 167 g/mol. The van der Waals surface area contributed by atoms with Crippen molar-refractivity contribution in [3.8, 4) is 0 Å². The molecule has 1 aliphatic carbocycles. The monoisotopic (exact) mass is 167 g/mol. The van der Waals surface area contributed by atoms with Crippen molar-refractivity contribution >= 4 is 5.84 Å². The van der Waals surface area contributed by atoms with Gasteiger partial charge in [0.25, 0.3) is 0 Å². The average Bonchev–Trinajstić information content (AvgIpc) is 1.94. The molecule has 0 unspecified atom stereocenters. The minimum absolute atomic E-state index is 0.458. The van der Waals surface area contributed by atoms with Crippen LogP contribution in [-0.4, -0.2) is 11.9 Å². The van der Waals surface area contributed by atoms with E-state index in [9.17, 15) is 0 Å². The molecule has 4 N–H and O–H groups in total. The fourth-order valence-electron chi connectivity index (χ4n) is 1.01. The second-order valence-corrected chi connectivity index (χ2v) is 3.41. The van der Waals surface area contributed by atoms with Crippen molar-refractivity contribution in [1.82, 2.24) is 0 Å². The third-order valence-corrected chi connectivity index (χ3v) is 2.37. The highest BCUT2D eigenvalue weighted by Gasteiger charge is 2.16. The van der Waals surface area contributed by atoms with Gasteiger partial charge < -0.3 is 11.5 Å². The Labute approximate surface area is 73.5 Å². The maximum absolute atomic E-state index is 5.74. The van der Waals surface area contributed by atoms with Crippen LogP contribution in [0.15, 0.2) is 16.3 Å². The van der Waals surface area contributed by atoms with Crippen LogP contribution < -0.4 is 11.5 Å². The first-order chi connectivity index (χ1) is 5.61. The van der Waals surface area contributed by atoms with Crippen molar-refractivity contribution < 1.29 is 0 Å². The zero-order chi connectivity index (χ0) is 9.14. The predicted molar refractivity (Wildman–Crippen MR) is 51.8 cm³/mol. The Balaban J connectivity index is 2.61. The number of allylic oxidation sites excluding steroid dienone is 1. The highest BCUT2D eigenvalue weighted by Crippen LogP contribution is 2.22. The quantitative estimate of drug-likeness (QED) is 0.478. The van der Waals surface area contributed by atoms with Crippen LogP contribution in [0.5, 0.6) is 0 Å². The lowest BCUT2D eigenvalue weighted by Crippen LogP contribution is -2.23. The van der Waals surface area contributed by atoms with Crippen LogP contribution in [0, 0.1) is 0 Å². The molecule has 68 valence electrons. The second-order valence-electron chi connectivity index (χ2n) is 3.41. The molecule has 0 saturated heterocycles. The minimum Gasteiger partial charge on any atom is -0.402 e. The van der Waals surface area contributed by atoms with Gasteiger partial charge in [0.1, 0.15) is 5.84 Å². The molecule has 0 heterocycles. The van der Waals surface area contributed by atoms with Crippen LogP contribution in [0.4, 0.5) is 0 Å². The molecule has 3 heteroatoms. The van der Waals surface area contributed by atoms with Gasteiger partial charge in [-0.3, -0.25) is 4.99 Å². The van der Waals surface area contributed by atoms with Crippen molar-refractivity contribution in [1.29, 1.82) is 0 Å². The van der Waals surface area contributed by atoms with Gasteiger partial charge in [0.15, 0.2) is 0 Å². The molecular formula is C9H17N3. The summed E-state index contributed by atoms with van der Waals surface area (Å²) in [4.78, 5) is 4.36.